The molecule has 0 heterocycles. The van der Waals surface area contributed by atoms with Gasteiger partial charge >= 0.3 is 5.97 Å². The molecule has 0 radical (unpaired) electrons. The summed E-state index contributed by atoms with van der Waals surface area (Å²) < 4.78 is 0. The molecule has 2 aromatic carbocycles. The molecule has 0 fully saturated rings. The lowest BCUT2D eigenvalue weighted by atomic mass is 9.99. The van der Waals surface area contributed by atoms with E-state index in [9.17, 15) is 9.59 Å². The SMILES string of the molecule is O=C(O)C=CC(=O)NC(CCc1ccccc1)c1ccccc1. The van der Waals surface area contributed by atoms with Crippen molar-refractivity contribution >= 4 is 11.9 Å². The maximum Gasteiger partial charge on any atom is 0.328 e. The zero-order valence-electron chi connectivity index (χ0n) is 12.7. The number of nitrogens with one attached hydrogen (secondary N) is 1. The first-order valence-electron chi connectivity index (χ1n) is 7.45. The monoisotopic (exact) mass is 309 g/mol. The topological polar surface area (TPSA) is 66.4 Å². The Kier molecular flexibility index (Phi) is 6.12. The van der Waals surface area contributed by atoms with Gasteiger partial charge in [0, 0.05) is 12.2 Å². The Hall–Kier alpha value is -2.88. The number of amides is 1. The molecule has 2 rings (SSSR count). The second-order valence-corrected chi connectivity index (χ2v) is 5.17. The highest BCUT2D eigenvalue weighted by Gasteiger charge is 2.13. The molecule has 2 N–H and O–H groups in total. The summed E-state index contributed by atoms with van der Waals surface area (Å²) in [6.45, 7) is 0. The first-order chi connectivity index (χ1) is 11.1. The molecule has 0 aromatic heterocycles. The molecule has 118 valence electrons. The minimum absolute atomic E-state index is 0.164. The van der Waals surface area contributed by atoms with Crippen LogP contribution in [0.4, 0.5) is 0 Å². The second kappa shape index (κ2) is 8.54. The van der Waals surface area contributed by atoms with Crippen molar-refractivity contribution in [2.24, 2.45) is 0 Å². The number of carbonyl (C=O) groups is 2. The third-order valence-electron chi connectivity index (χ3n) is 3.46. The van der Waals surface area contributed by atoms with E-state index < -0.39 is 11.9 Å². The molecule has 4 heteroatoms. The number of carboxylic acids is 1. The Bertz CT molecular complexity index is 666. The van der Waals surface area contributed by atoms with Crippen LogP contribution in [0.15, 0.2) is 72.8 Å². The van der Waals surface area contributed by atoms with Crippen molar-refractivity contribution < 1.29 is 14.7 Å². The molecule has 0 aliphatic heterocycles. The van der Waals surface area contributed by atoms with E-state index in [1.807, 2.05) is 60.7 Å². The number of benzene rings is 2. The Morgan fingerprint density at radius 2 is 1.57 bits per heavy atom. The Morgan fingerprint density at radius 3 is 2.17 bits per heavy atom. The zero-order chi connectivity index (χ0) is 16.5. The van der Waals surface area contributed by atoms with Crippen molar-refractivity contribution in [3.63, 3.8) is 0 Å². The van der Waals surface area contributed by atoms with Crippen LogP contribution in [0.3, 0.4) is 0 Å². The van der Waals surface area contributed by atoms with E-state index in [-0.39, 0.29) is 6.04 Å². The largest absolute Gasteiger partial charge is 0.478 e. The van der Waals surface area contributed by atoms with Crippen molar-refractivity contribution in [3.8, 4) is 0 Å². The summed E-state index contributed by atoms with van der Waals surface area (Å²) in [7, 11) is 0. The third-order valence-corrected chi connectivity index (χ3v) is 3.46. The lowest BCUT2D eigenvalue weighted by Gasteiger charge is -2.18. The highest BCUT2D eigenvalue weighted by Crippen LogP contribution is 2.19. The lowest BCUT2D eigenvalue weighted by Crippen LogP contribution is -2.27. The molecule has 2 aromatic rings. The summed E-state index contributed by atoms with van der Waals surface area (Å²) in [5, 5.41) is 11.5. The van der Waals surface area contributed by atoms with E-state index in [4.69, 9.17) is 5.11 Å². The standard InChI is InChI=1S/C19H19NO3/c21-18(13-14-19(22)23)20-17(16-9-5-2-6-10-16)12-11-15-7-3-1-4-8-15/h1-10,13-14,17H,11-12H2,(H,20,21)(H,22,23). The molecule has 0 saturated carbocycles. The van der Waals surface area contributed by atoms with E-state index in [2.05, 4.69) is 5.32 Å². The lowest BCUT2D eigenvalue weighted by molar-refractivity contribution is -0.131. The van der Waals surface area contributed by atoms with Crippen LogP contribution in [0.2, 0.25) is 0 Å². The third kappa shape index (κ3) is 5.79. The summed E-state index contributed by atoms with van der Waals surface area (Å²) >= 11 is 0. The van der Waals surface area contributed by atoms with Gasteiger partial charge in [0.05, 0.1) is 6.04 Å². The van der Waals surface area contributed by atoms with Crippen molar-refractivity contribution in [1.82, 2.24) is 5.32 Å². The first kappa shape index (κ1) is 16.5. The fourth-order valence-electron chi connectivity index (χ4n) is 2.33. The van der Waals surface area contributed by atoms with Gasteiger partial charge in [0.2, 0.25) is 5.91 Å². The molecule has 1 atom stereocenters. The summed E-state index contributed by atoms with van der Waals surface area (Å²) in [6.07, 6.45) is 3.44. The molecule has 23 heavy (non-hydrogen) atoms. The van der Waals surface area contributed by atoms with E-state index in [0.29, 0.717) is 0 Å². The number of carboxylic acid groups (broad SMARTS) is 1. The van der Waals surface area contributed by atoms with Crippen LogP contribution >= 0.6 is 0 Å². The number of hydrogen-bond acceptors (Lipinski definition) is 2. The Morgan fingerprint density at radius 1 is 0.957 bits per heavy atom. The van der Waals surface area contributed by atoms with Crippen LogP contribution < -0.4 is 5.32 Å². The molecule has 1 amide bonds. The number of carbonyl (C=O) groups excluding carboxylic acids is 1. The van der Waals surface area contributed by atoms with Crippen LogP contribution in [-0.2, 0) is 16.0 Å². The summed E-state index contributed by atoms with van der Waals surface area (Å²) in [5.74, 6) is -1.55. The quantitative estimate of drug-likeness (QED) is 0.772. The van der Waals surface area contributed by atoms with Crippen molar-refractivity contribution in [2.75, 3.05) is 0 Å². The molecule has 0 saturated heterocycles. The number of rotatable bonds is 7. The number of aryl methyl sites for hydroxylation is 1. The molecule has 1 unspecified atom stereocenters. The second-order valence-electron chi connectivity index (χ2n) is 5.17. The van der Waals surface area contributed by atoms with Gasteiger partial charge in [0.15, 0.2) is 0 Å². The smallest absolute Gasteiger partial charge is 0.328 e. The van der Waals surface area contributed by atoms with Crippen LogP contribution in [0.25, 0.3) is 0 Å². The molecular weight excluding hydrogens is 290 g/mol. The van der Waals surface area contributed by atoms with Gasteiger partial charge in [-0.25, -0.2) is 4.79 Å². The predicted octanol–water partition coefficient (Wildman–Crippen LogP) is 3.12. The van der Waals surface area contributed by atoms with E-state index >= 15 is 0 Å². The van der Waals surface area contributed by atoms with Crippen molar-refractivity contribution in [1.29, 1.82) is 0 Å². The van der Waals surface area contributed by atoms with Gasteiger partial charge in [-0.2, -0.15) is 0 Å². The Labute approximate surface area is 135 Å². The van der Waals surface area contributed by atoms with Gasteiger partial charge in [-0.3, -0.25) is 4.79 Å². The average Bonchev–Trinajstić information content (AvgIpc) is 2.58. The fraction of sp³-hybridized carbons (Fsp3) is 0.158. The first-order valence-corrected chi connectivity index (χ1v) is 7.45. The van der Waals surface area contributed by atoms with Crippen LogP contribution in [0.1, 0.15) is 23.6 Å². The number of hydrogen-bond donors (Lipinski definition) is 2. The van der Waals surface area contributed by atoms with Crippen LogP contribution in [0.5, 0.6) is 0 Å². The van der Waals surface area contributed by atoms with Gasteiger partial charge in [-0.1, -0.05) is 60.7 Å². The Balaban J connectivity index is 2.06. The van der Waals surface area contributed by atoms with Crippen molar-refractivity contribution in [3.05, 3.63) is 83.9 Å². The van der Waals surface area contributed by atoms with Crippen LogP contribution in [-0.4, -0.2) is 17.0 Å². The molecule has 0 spiro atoms. The number of aliphatic carboxylic acids is 1. The van der Waals surface area contributed by atoms with Gasteiger partial charge in [-0.05, 0) is 24.0 Å². The maximum atomic E-state index is 11.9. The zero-order valence-corrected chi connectivity index (χ0v) is 12.7. The minimum Gasteiger partial charge on any atom is -0.478 e. The van der Waals surface area contributed by atoms with Gasteiger partial charge in [0.25, 0.3) is 0 Å². The van der Waals surface area contributed by atoms with Crippen LogP contribution in [0, 0.1) is 0 Å². The fourth-order valence-corrected chi connectivity index (χ4v) is 2.33. The van der Waals surface area contributed by atoms with Crippen molar-refractivity contribution in [2.45, 2.75) is 18.9 Å². The highest BCUT2D eigenvalue weighted by molar-refractivity contribution is 5.94. The molecular formula is C19H19NO3. The van der Waals surface area contributed by atoms with E-state index in [1.165, 1.54) is 5.56 Å². The molecule has 4 nitrogen and oxygen atoms in total. The average molecular weight is 309 g/mol. The highest BCUT2D eigenvalue weighted by atomic mass is 16.4. The van der Waals surface area contributed by atoms with Gasteiger partial charge < -0.3 is 10.4 Å². The predicted molar refractivity (Wildman–Crippen MR) is 88.9 cm³/mol. The summed E-state index contributed by atoms with van der Waals surface area (Å²) in [6, 6.07) is 19.6. The van der Waals surface area contributed by atoms with E-state index in [0.717, 1.165) is 30.6 Å². The maximum absolute atomic E-state index is 11.9. The molecule has 0 aliphatic carbocycles. The van der Waals surface area contributed by atoms with Gasteiger partial charge in [0.1, 0.15) is 0 Å². The van der Waals surface area contributed by atoms with E-state index in [1.54, 1.807) is 0 Å². The summed E-state index contributed by atoms with van der Waals surface area (Å²) in [4.78, 5) is 22.4. The molecule has 0 bridgehead atoms. The molecule has 0 aliphatic rings. The van der Waals surface area contributed by atoms with Gasteiger partial charge in [-0.15, -0.1) is 0 Å². The normalized spacial score (nSPS) is 12.0. The minimum atomic E-state index is -1.14. The summed E-state index contributed by atoms with van der Waals surface area (Å²) in [5.41, 5.74) is 2.20.